The van der Waals surface area contributed by atoms with Crippen LogP contribution >= 0.6 is 0 Å². The fourth-order valence-electron chi connectivity index (χ4n) is 3.29. The lowest BCUT2D eigenvalue weighted by molar-refractivity contribution is -0.318. The van der Waals surface area contributed by atoms with E-state index in [0.29, 0.717) is 0 Å². The SMILES string of the molecule is CC1(C)COC2(CCCCC2c2ccc(F)cc2)OC1.CN. The largest absolute Gasteiger partial charge is 0.349 e. The molecule has 0 amide bonds. The molecule has 1 saturated heterocycles. The number of hydrogen-bond donors (Lipinski definition) is 1. The number of rotatable bonds is 1. The van der Waals surface area contributed by atoms with Gasteiger partial charge in [0.2, 0.25) is 0 Å². The van der Waals surface area contributed by atoms with E-state index in [1.165, 1.54) is 25.6 Å². The molecule has 1 spiro atoms. The van der Waals surface area contributed by atoms with E-state index in [2.05, 4.69) is 19.6 Å². The van der Waals surface area contributed by atoms with Gasteiger partial charge >= 0.3 is 0 Å². The predicted octanol–water partition coefficient (Wildman–Crippen LogP) is 3.83. The lowest BCUT2D eigenvalue weighted by atomic mass is 9.77. The maximum absolute atomic E-state index is 13.1. The smallest absolute Gasteiger partial charge is 0.175 e. The Bertz CT molecular complexity index is 462. The molecule has 2 N–H and O–H groups in total. The van der Waals surface area contributed by atoms with Crippen LogP contribution in [0.1, 0.15) is 51.0 Å². The third-order valence-corrected chi connectivity index (χ3v) is 4.49. The molecule has 1 heterocycles. The summed E-state index contributed by atoms with van der Waals surface area (Å²) in [6.07, 6.45) is 4.30. The molecule has 124 valence electrons. The zero-order valence-electron chi connectivity index (χ0n) is 13.9. The molecule has 0 aromatic heterocycles. The average molecular weight is 309 g/mol. The summed E-state index contributed by atoms with van der Waals surface area (Å²) < 4.78 is 25.5. The molecule has 3 rings (SSSR count). The summed E-state index contributed by atoms with van der Waals surface area (Å²) >= 11 is 0. The highest BCUT2D eigenvalue weighted by Crippen LogP contribution is 2.47. The van der Waals surface area contributed by atoms with Gasteiger partial charge in [0.25, 0.3) is 0 Å². The van der Waals surface area contributed by atoms with Crippen LogP contribution in [-0.2, 0) is 9.47 Å². The van der Waals surface area contributed by atoms with Crippen molar-refractivity contribution in [3.05, 3.63) is 35.6 Å². The summed E-state index contributed by atoms with van der Waals surface area (Å²) in [5, 5.41) is 0. The Morgan fingerprint density at radius 3 is 2.23 bits per heavy atom. The molecule has 1 saturated carbocycles. The highest BCUT2D eigenvalue weighted by atomic mass is 19.1. The monoisotopic (exact) mass is 309 g/mol. The van der Waals surface area contributed by atoms with Gasteiger partial charge in [0, 0.05) is 17.8 Å². The van der Waals surface area contributed by atoms with Gasteiger partial charge in [0.15, 0.2) is 5.79 Å². The molecule has 1 aliphatic heterocycles. The Kier molecular flexibility index (Phi) is 5.59. The van der Waals surface area contributed by atoms with Gasteiger partial charge in [0.05, 0.1) is 13.2 Å². The maximum Gasteiger partial charge on any atom is 0.175 e. The molecule has 3 nitrogen and oxygen atoms in total. The van der Waals surface area contributed by atoms with Crippen LogP contribution < -0.4 is 5.73 Å². The molecule has 1 aromatic carbocycles. The van der Waals surface area contributed by atoms with Crippen LogP contribution in [0.5, 0.6) is 0 Å². The Hall–Kier alpha value is -0.970. The molecular formula is C18H28FNO2. The van der Waals surface area contributed by atoms with E-state index in [1.807, 2.05) is 12.1 Å². The highest BCUT2D eigenvalue weighted by Gasteiger charge is 2.48. The Morgan fingerprint density at radius 1 is 1.05 bits per heavy atom. The second-order valence-corrected chi connectivity index (χ2v) is 6.90. The third-order valence-electron chi connectivity index (χ3n) is 4.49. The third kappa shape index (κ3) is 3.67. The highest BCUT2D eigenvalue weighted by molar-refractivity contribution is 5.24. The van der Waals surface area contributed by atoms with Gasteiger partial charge in [-0.3, -0.25) is 0 Å². The van der Waals surface area contributed by atoms with Gasteiger partial charge in [-0.2, -0.15) is 0 Å². The molecule has 1 aromatic rings. The normalized spacial score (nSPS) is 26.1. The van der Waals surface area contributed by atoms with Gasteiger partial charge < -0.3 is 15.2 Å². The first kappa shape index (κ1) is 17.4. The molecule has 4 heteroatoms. The Morgan fingerprint density at radius 2 is 1.64 bits per heavy atom. The second kappa shape index (κ2) is 7.07. The summed E-state index contributed by atoms with van der Waals surface area (Å²) in [5.74, 6) is -0.468. The predicted molar refractivity (Wildman–Crippen MR) is 86.1 cm³/mol. The Labute approximate surface area is 133 Å². The van der Waals surface area contributed by atoms with Crippen LogP contribution in [0.25, 0.3) is 0 Å². The maximum atomic E-state index is 13.1. The van der Waals surface area contributed by atoms with E-state index in [0.717, 1.165) is 38.0 Å². The zero-order valence-corrected chi connectivity index (χ0v) is 13.9. The molecular weight excluding hydrogens is 281 g/mol. The van der Waals surface area contributed by atoms with Crippen molar-refractivity contribution in [3.63, 3.8) is 0 Å². The Balaban J connectivity index is 0.000000847. The fourth-order valence-corrected chi connectivity index (χ4v) is 3.29. The molecule has 2 aliphatic rings. The van der Waals surface area contributed by atoms with Crippen LogP contribution in [0.2, 0.25) is 0 Å². The van der Waals surface area contributed by atoms with Gasteiger partial charge in [-0.1, -0.05) is 32.4 Å². The van der Waals surface area contributed by atoms with E-state index in [9.17, 15) is 4.39 Å². The van der Waals surface area contributed by atoms with Crippen molar-refractivity contribution in [2.45, 2.75) is 51.2 Å². The first-order valence-corrected chi connectivity index (χ1v) is 8.12. The minimum Gasteiger partial charge on any atom is -0.349 e. The average Bonchev–Trinajstić information content (AvgIpc) is 2.54. The van der Waals surface area contributed by atoms with Crippen molar-refractivity contribution < 1.29 is 13.9 Å². The van der Waals surface area contributed by atoms with E-state index in [1.54, 1.807) is 0 Å². The van der Waals surface area contributed by atoms with Crippen molar-refractivity contribution in [2.24, 2.45) is 11.1 Å². The summed E-state index contributed by atoms with van der Waals surface area (Å²) in [4.78, 5) is 0. The molecule has 0 bridgehead atoms. The molecule has 1 aliphatic carbocycles. The first-order chi connectivity index (χ1) is 10.5. The topological polar surface area (TPSA) is 44.5 Å². The number of nitrogens with two attached hydrogens (primary N) is 1. The van der Waals surface area contributed by atoms with Gasteiger partial charge in [-0.15, -0.1) is 0 Å². The number of hydrogen-bond acceptors (Lipinski definition) is 3. The van der Waals surface area contributed by atoms with Crippen molar-refractivity contribution in [3.8, 4) is 0 Å². The molecule has 0 radical (unpaired) electrons. The van der Waals surface area contributed by atoms with E-state index < -0.39 is 5.79 Å². The van der Waals surface area contributed by atoms with Crippen molar-refractivity contribution in [2.75, 3.05) is 20.3 Å². The number of benzene rings is 1. The molecule has 2 fully saturated rings. The summed E-state index contributed by atoms with van der Waals surface area (Å²) in [7, 11) is 1.50. The molecule has 22 heavy (non-hydrogen) atoms. The zero-order chi connectivity index (χ0) is 16.2. The van der Waals surface area contributed by atoms with E-state index in [4.69, 9.17) is 9.47 Å². The second-order valence-electron chi connectivity index (χ2n) is 6.90. The van der Waals surface area contributed by atoms with Gasteiger partial charge in [-0.05, 0) is 37.6 Å². The fraction of sp³-hybridized carbons (Fsp3) is 0.667. The van der Waals surface area contributed by atoms with E-state index >= 15 is 0 Å². The van der Waals surface area contributed by atoms with Crippen LogP contribution in [0, 0.1) is 11.2 Å². The van der Waals surface area contributed by atoms with Crippen molar-refractivity contribution in [1.29, 1.82) is 0 Å². The molecule has 1 unspecified atom stereocenters. The first-order valence-electron chi connectivity index (χ1n) is 8.12. The standard InChI is InChI=1S/C17H23FO2.CH5N/c1-16(2)11-19-17(20-12-16)10-4-3-5-15(17)13-6-8-14(18)9-7-13;1-2/h6-9,15H,3-5,10-12H2,1-2H3;2H2,1H3. The lowest BCUT2D eigenvalue weighted by Gasteiger charge is -2.49. The van der Waals surface area contributed by atoms with Crippen LogP contribution in [0.15, 0.2) is 24.3 Å². The van der Waals surface area contributed by atoms with Gasteiger partial charge in [-0.25, -0.2) is 4.39 Å². The molecule has 1 atom stereocenters. The van der Waals surface area contributed by atoms with Crippen molar-refractivity contribution >= 4 is 0 Å². The van der Waals surface area contributed by atoms with Gasteiger partial charge in [0.1, 0.15) is 5.82 Å². The van der Waals surface area contributed by atoms with E-state index in [-0.39, 0.29) is 17.2 Å². The van der Waals surface area contributed by atoms with Crippen LogP contribution in [0.4, 0.5) is 4.39 Å². The van der Waals surface area contributed by atoms with Crippen molar-refractivity contribution in [1.82, 2.24) is 0 Å². The minimum absolute atomic E-state index is 0.0794. The minimum atomic E-state index is -0.494. The summed E-state index contributed by atoms with van der Waals surface area (Å²) in [5.41, 5.74) is 5.71. The van der Waals surface area contributed by atoms with Crippen LogP contribution in [-0.4, -0.2) is 26.0 Å². The lowest BCUT2D eigenvalue weighted by Crippen LogP contribution is -2.52. The number of ether oxygens (including phenoxy) is 2. The number of halogens is 1. The summed E-state index contributed by atoms with van der Waals surface area (Å²) in [6.45, 7) is 5.78. The quantitative estimate of drug-likeness (QED) is 0.857. The van der Waals surface area contributed by atoms with Crippen LogP contribution in [0.3, 0.4) is 0 Å². The summed E-state index contributed by atoms with van der Waals surface area (Å²) in [6, 6.07) is 6.81.